The molecule has 0 heterocycles. The molecule has 4 aliphatic rings. The lowest BCUT2D eigenvalue weighted by molar-refractivity contribution is -0.186. The summed E-state index contributed by atoms with van der Waals surface area (Å²) in [5, 5.41) is 0. The van der Waals surface area contributed by atoms with Crippen molar-refractivity contribution in [1.82, 2.24) is 0 Å². The molecular formula is C15H22O. The summed E-state index contributed by atoms with van der Waals surface area (Å²) in [5.74, 6) is 3.70. The molecule has 16 heavy (non-hydrogen) atoms. The molecule has 0 N–H and O–H groups in total. The number of fused-ring (bicyclic) bond motifs is 1. The third kappa shape index (κ3) is 1.00. The lowest BCUT2D eigenvalue weighted by atomic mass is 9.34. The minimum absolute atomic E-state index is 0.325. The largest absolute Gasteiger partial charge is 0.295 e. The van der Waals surface area contributed by atoms with E-state index in [2.05, 4.69) is 27.7 Å². The van der Waals surface area contributed by atoms with Gasteiger partial charge in [-0.1, -0.05) is 26.3 Å². The smallest absolute Gasteiger partial charge is 0.159 e. The first-order valence-electron chi connectivity index (χ1n) is 6.69. The fourth-order valence-electron chi connectivity index (χ4n) is 5.14. The molecule has 0 amide bonds. The minimum atomic E-state index is 0.325. The number of ketones is 1. The normalized spacial score (nSPS) is 50.1. The van der Waals surface area contributed by atoms with Gasteiger partial charge in [-0.15, -0.1) is 0 Å². The van der Waals surface area contributed by atoms with Crippen molar-refractivity contribution in [1.29, 1.82) is 0 Å². The molecule has 0 aromatic rings. The molecule has 88 valence electrons. The molecule has 0 radical (unpaired) electrons. The fourth-order valence-corrected chi connectivity index (χ4v) is 5.14. The van der Waals surface area contributed by atoms with Crippen LogP contribution in [0.25, 0.3) is 0 Å². The van der Waals surface area contributed by atoms with Gasteiger partial charge in [-0.3, -0.25) is 4.79 Å². The van der Waals surface area contributed by atoms with Crippen LogP contribution in [0.3, 0.4) is 0 Å². The first kappa shape index (κ1) is 10.6. The van der Waals surface area contributed by atoms with Crippen LogP contribution in [0.2, 0.25) is 0 Å². The maximum Gasteiger partial charge on any atom is 0.159 e. The highest BCUT2D eigenvalue weighted by Gasteiger charge is 2.68. The van der Waals surface area contributed by atoms with Gasteiger partial charge in [-0.05, 0) is 54.9 Å². The van der Waals surface area contributed by atoms with Crippen molar-refractivity contribution >= 4 is 5.78 Å². The van der Waals surface area contributed by atoms with Crippen molar-refractivity contribution in [3.8, 4) is 0 Å². The second kappa shape index (κ2) is 3.00. The van der Waals surface area contributed by atoms with E-state index in [0.29, 0.717) is 23.0 Å². The van der Waals surface area contributed by atoms with Gasteiger partial charge in [0.25, 0.3) is 0 Å². The lowest BCUT2D eigenvalue weighted by Gasteiger charge is -2.69. The minimum Gasteiger partial charge on any atom is -0.295 e. The predicted octanol–water partition coefficient (Wildman–Crippen LogP) is 3.45. The number of hydrogen-bond acceptors (Lipinski definition) is 1. The molecular weight excluding hydrogens is 196 g/mol. The maximum atomic E-state index is 12.2. The Labute approximate surface area is 98.3 Å². The van der Waals surface area contributed by atoms with Gasteiger partial charge in [0.15, 0.2) is 5.78 Å². The molecule has 1 heteroatoms. The van der Waals surface area contributed by atoms with Crippen LogP contribution in [0, 0.1) is 35.0 Å². The van der Waals surface area contributed by atoms with Gasteiger partial charge >= 0.3 is 0 Å². The highest BCUT2D eigenvalue weighted by molar-refractivity contribution is 5.96. The Kier molecular flexibility index (Phi) is 1.98. The van der Waals surface area contributed by atoms with E-state index in [0.717, 1.165) is 17.8 Å². The quantitative estimate of drug-likeness (QED) is 0.659. The van der Waals surface area contributed by atoms with Gasteiger partial charge in [0.05, 0.1) is 0 Å². The van der Waals surface area contributed by atoms with E-state index in [1.54, 1.807) is 0 Å². The van der Waals surface area contributed by atoms with Gasteiger partial charge in [0.2, 0.25) is 0 Å². The van der Waals surface area contributed by atoms with Crippen molar-refractivity contribution in [3.05, 3.63) is 11.6 Å². The van der Waals surface area contributed by atoms with Crippen molar-refractivity contribution in [3.63, 3.8) is 0 Å². The SMILES string of the molecule is CC1=CC(=O)[C@@H]2[C@@H]3[C@H](C(C)C)CC[C@]2(C)[C@@H]13. The second-order valence-corrected chi connectivity index (χ2v) is 6.78. The molecule has 4 rings (SSSR count). The number of carbonyl (C=O) groups excluding carboxylic acids is 1. The summed E-state index contributed by atoms with van der Waals surface area (Å²) in [4.78, 5) is 12.2. The molecule has 2 saturated carbocycles. The molecule has 4 aliphatic carbocycles. The third-order valence-electron chi connectivity index (χ3n) is 5.72. The van der Waals surface area contributed by atoms with Crippen LogP contribution in [-0.4, -0.2) is 5.78 Å². The molecule has 0 aromatic heterocycles. The summed E-state index contributed by atoms with van der Waals surface area (Å²) in [6.45, 7) is 9.17. The van der Waals surface area contributed by atoms with Crippen molar-refractivity contribution in [2.45, 2.75) is 40.5 Å². The van der Waals surface area contributed by atoms with Gasteiger partial charge in [0, 0.05) is 5.92 Å². The highest BCUT2D eigenvalue weighted by Crippen LogP contribution is 2.70. The van der Waals surface area contributed by atoms with Crippen LogP contribution in [0.5, 0.6) is 0 Å². The Morgan fingerprint density at radius 3 is 2.62 bits per heavy atom. The second-order valence-electron chi connectivity index (χ2n) is 6.78. The zero-order chi connectivity index (χ0) is 11.7. The molecule has 1 nitrogen and oxygen atoms in total. The molecule has 4 bridgehead atoms. The van der Waals surface area contributed by atoms with Crippen LogP contribution in [0.1, 0.15) is 40.5 Å². The average molecular weight is 218 g/mol. The van der Waals surface area contributed by atoms with Crippen LogP contribution < -0.4 is 0 Å². The van der Waals surface area contributed by atoms with Crippen LogP contribution in [0.15, 0.2) is 11.6 Å². The van der Waals surface area contributed by atoms with E-state index in [-0.39, 0.29) is 0 Å². The standard InChI is InChI=1S/C15H22O/c1-8(2)10-5-6-15(4)13-9(3)7-11(16)14(15)12(10)13/h7-8,10,12-14H,5-6H2,1-4H3/t10-,12+,13-,14+,15+/m0/s1. The maximum absolute atomic E-state index is 12.2. The van der Waals surface area contributed by atoms with Gasteiger partial charge in [-0.2, -0.15) is 0 Å². The summed E-state index contributed by atoms with van der Waals surface area (Å²) in [6, 6.07) is 0. The number of allylic oxidation sites excluding steroid dienone is 2. The summed E-state index contributed by atoms with van der Waals surface area (Å²) in [7, 11) is 0. The summed E-state index contributed by atoms with van der Waals surface area (Å²) in [6.07, 6.45) is 4.53. The van der Waals surface area contributed by atoms with Gasteiger partial charge in [0.1, 0.15) is 0 Å². The Morgan fingerprint density at radius 1 is 1.38 bits per heavy atom. The molecule has 2 fully saturated rings. The third-order valence-corrected chi connectivity index (χ3v) is 5.72. The van der Waals surface area contributed by atoms with E-state index in [1.807, 2.05) is 6.08 Å². The molecule has 0 aliphatic heterocycles. The van der Waals surface area contributed by atoms with E-state index < -0.39 is 0 Å². The highest BCUT2D eigenvalue weighted by atomic mass is 16.1. The van der Waals surface area contributed by atoms with Crippen LogP contribution >= 0.6 is 0 Å². The van der Waals surface area contributed by atoms with E-state index >= 15 is 0 Å². The zero-order valence-corrected chi connectivity index (χ0v) is 10.8. The molecule has 0 saturated heterocycles. The van der Waals surface area contributed by atoms with Gasteiger partial charge < -0.3 is 0 Å². The molecule has 0 unspecified atom stereocenters. The van der Waals surface area contributed by atoms with Crippen molar-refractivity contribution in [2.24, 2.45) is 35.0 Å². The average Bonchev–Trinajstić information content (AvgIpc) is 2.15. The number of carbonyl (C=O) groups is 1. The van der Waals surface area contributed by atoms with Crippen molar-refractivity contribution < 1.29 is 4.79 Å². The van der Waals surface area contributed by atoms with Crippen LogP contribution in [-0.2, 0) is 4.79 Å². The lowest BCUT2D eigenvalue weighted by Crippen LogP contribution is -2.66. The van der Waals surface area contributed by atoms with E-state index in [1.165, 1.54) is 18.4 Å². The van der Waals surface area contributed by atoms with E-state index in [9.17, 15) is 4.79 Å². The Bertz CT molecular complexity index is 379. The zero-order valence-electron chi connectivity index (χ0n) is 10.8. The fraction of sp³-hybridized carbons (Fsp3) is 0.800. The molecule has 0 aromatic carbocycles. The first-order valence-corrected chi connectivity index (χ1v) is 6.69. The summed E-state index contributed by atoms with van der Waals surface area (Å²) >= 11 is 0. The van der Waals surface area contributed by atoms with E-state index in [4.69, 9.17) is 0 Å². The topological polar surface area (TPSA) is 17.1 Å². The van der Waals surface area contributed by atoms with Gasteiger partial charge in [-0.25, -0.2) is 0 Å². The number of rotatable bonds is 1. The Hall–Kier alpha value is -0.590. The van der Waals surface area contributed by atoms with Crippen molar-refractivity contribution in [2.75, 3.05) is 0 Å². The van der Waals surface area contributed by atoms with Crippen LogP contribution in [0.4, 0.5) is 0 Å². The summed E-state index contributed by atoms with van der Waals surface area (Å²) in [5.41, 5.74) is 1.69. The molecule has 5 atom stereocenters. The number of hydrogen-bond donors (Lipinski definition) is 0. The first-order chi connectivity index (χ1) is 7.47. The molecule has 0 spiro atoms. The Morgan fingerprint density at radius 2 is 2.06 bits per heavy atom. The summed E-state index contributed by atoms with van der Waals surface area (Å²) < 4.78 is 0. The monoisotopic (exact) mass is 218 g/mol. The Balaban J connectivity index is 2.02. The predicted molar refractivity (Wildman–Crippen MR) is 64.9 cm³/mol.